The average Bonchev–Trinajstić information content (AvgIpc) is 2.55. The number of hydrogen-bond donors (Lipinski definition) is 1. The lowest BCUT2D eigenvalue weighted by atomic mass is 9.81. The first-order valence-corrected chi connectivity index (χ1v) is 8.37. The summed E-state index contributed by atoms with van der Waals surface area (Å²) in [6.07, 6.45) is -1.32. The number of carboxylic acids is 1. The first kappa shape index (κ1) is 18.5. The van der Waals surface area contributed by atoms with Gasteiger partial charge in [0, 0.05) is 6.20 Å². The molecule has 3 rings (SSSR count). The van der Waals surface area contributed by atoms with E-state index in [2.05, 4.69) is 4.98 Å². The number of ether oxygens (including phenoxy) is 1. The molecule has 4 nitrogen and oxygen atoms in total. The van der Waals surface area contributed by atoms with Crippen LogP contribution < -0.4 is 4.74 Å². The van der Waals surface area contributed by atoms with E-state index in [4.69, 9.17) is 21.4 Å². The summed E-state index contributed by atoms with van der Waals surface area (Å²) in [4.78, 5) is 14.6. The Morgan fingerprint density at radius 1 is 1.35 bits per heavy atom. The number of aliphatic carboxylic acids is 1. The number of benzene rings is 1. The summed E-state index contributed by atoms with van der Waals surface area (Å²) >= 11 is 5.86. The zero-order valence-electron chi connectivity index (χ0n) is 13.5. The predicted molar refractivity (Wildman–Crippen MR) is 88.7 cm³/mol. The lowest BCUT2D eigenvalue weighted by molar-refractivity contribution is -0.138. The maximum Gasteiger partial charge on any atom is 0.417 e. The second-order valence-electron chi connectivity index (χ2n) is 6.16. The van der Waals surface area contributed by atoms with Gasteiger partial charge >= 0.3 is 12.1 Å². The second-order valence-corrected chi connectivity index (χ2v) is 6.57. The number of carboxylic acid groups (broad SMARTS) is 1. The Hall–Kier alpha value is -2.28. The summed E-state index contributed by atoms with van der Waals surface area (Å²) < 4.78 is 43.5. The molecule has 8 heteroatoms. The van der Waals surface area contributed by atoms with Crippen LogP contribution in [0.5, 0.6) is 11.6 Å². The van der Waals surface area contributed by atoms with Crippen LogP contribution in [0.15, 0.2) is 30.5 Å². The monoisotopic (exact) mass is 385 g/mol. The molecular formula is C18H15ClF3NO3. The number of aryl methyl sites for hydroxylation is 1. The number of nitrogens with zero attached hydrogens (tertiary/aromatic N) is 1. The normalized spacial score (nSPS) is 16.8. The van der Waals surface area contributed by atoms with Gasteiger partial charge in [-0.2, -0.15) is 13.2 Å². The molecule has 0 fully saturated rings. The van der Waals surface area contributed by atoms with Crippen LogP contribution in [0.4, 0.5) is 13.2 Å². The number of carbonyl (C=O) groups is 1. The van der Waals surface area contributed by atoms with E-state index in [-0.39, 0.29) is 23.2 Å². The fourth-order valence-electron chi connectivity index (χ4n) is 3.14. The van der Waals surface area contributed by atoms with Gasteiger partial charge in [0.2, 0.25) is 5.88 Å². The van der Waals surface area contributed by atoms with Gasteiger partial charge in [-0.15, -0.1) is 0 Å². The van der Waals surface area contributed by atoms with E-state index in [1.54, 1.807) is 18.2 Å². The number of fused-ring (bicyclic) bond motifs is 1. The highest BCUT2D eigenvalue weighted by Crippen LogP contribution is 2.38. The number of aromatic nitrogens is 1. The molecule has 0 saturated carbocycles. The van der Waals surface area contributed by atoms with Gasteiger partial charge in [0.1, 0.15) is 10.8 Å². The summed E-state index contributed by atoms with van der Waals surface area (Å²) in [7, 11) is 0. The van der Waals surface area contributed by atoms with Crippen LogP contribution in [0.25, 0.3) is 0 Å². The van der Waals surface area contributed by atoms with Gasteiger partial charge in [0.25, 0.3) is 0 Å². The maximum absolute atomic E-state index is 12.7. The van der Waals surface area contributed by atoms with Crippen molar-refractivity contribution < 1.29 is 27.8 Å². The third kappa shape index (κ3) is 4.09. The van der Waals surface area contributed by atoms with E-state index < -0.39 is 17.7 Å². The molecule has 2 aromatic rings. The van der Waals surface area contributed by atoms with E-state index in [9.17, 15) is 18.0 Å². The summed E-state index contributed by atoms with van der Waals surface area (Å²) in [5.74, 6) is -0.603. The van der Waals surface area contributed by atoms with Crippen LogP contribution in [0.1, 0.15) is 41.9 Å². The molecule has 0 amide bonds. The van der Waals surface area contributed by atoms with Crippen molar-refractivity contribution in [2.45, 2.75) is 37.8 Å². The Morgan fingerprint density at radius 3 is 2.77 bits per heavy atom. The molecule has 0 radical (unpaired) electrons. The smallest absolute Gasteiger partial charge is 0.417 e. The van der Waals surface area contributed by atoms with Gasteiger partial charge in [-0.1, -0.05) is 17.7 Å². The third-order valence-electron chi connectivity index (χ3n) is 4.32. The Bertz CT molecular complexity index is 839. The number of pyridine rings is 1. The van der Waals surface area contributed by atoms with E-state index in [0.29, 0.717) is 11.9 Å². The molecule has 0 unspecified atom stereocenters. The minimum absolute atomic E-state index is 0.0434. The van der Waals surface area contributed by atoms with E-state index in [1.807, 2.05) is 0 Å². The van der Waals surface area contributed by atoms with E-state index >= 15 is 0 Å². The van der Waals surface area contributed by atoms with Crippen molar-refractivity contribution in [2.24, 2.45) is 0 Å². The fourth-order valence-corrected chi connectivity index (χ4v) is 3.35. The number of hydrogen-bond acceptors (Lipinski definition) is 3. The highest BCUT2D eigenvalue weighted by atomic mass is 35.5. The molecule has 1 atom stereocenters. The van der Waals surface area contributed by atoms with Gasteiger partial charge in [-0.05, 0) is 54.5 Å². The van der Waals surface area contributed by atoms with Crippen LogP contribution >= 0.6 is 11.6 Å². The highest BCUT2D eigenvalue weighted by molar-refractivity contribution is 6.31. The molecular weight excluding hydrogens is 371 g/mol. The third-order valence-corrected chi connectivity index (χ3v) is 4.59. The minimum Gasteiger partial charge on any atom is -0.481 e. The molecule has 1 aromatic heterocycles. The Kier molecular flexibility index (Phi) is 5.09. The zero-order chi connectivity index (χ0) is 18.9. The van der Waals surface area contributed by atoms with Crippen molar-refractivity contribution in [3.05, 3.63) is 52.2 Å². The van der Waals surface area contributed by atoms with Gasteiger partial charge in [-0.25, -0.2) is 4.98 Å². The standard InChI is InChI=1S/C18H15ClF3NO3/c19-15-8-12(18(20,21)22)9-23-17(15)26-13-4-5-14-10(6-13)2-1-3-11(14)7-16(24)25/h4-6,8-9,11H,1-3,7H2,(H,24,25)/t11-/m0/s1. The first-order chi connectivity index (χ1) is 12.2. The maximum atomic E-state index is 12.7. The molecule has 0 bridgehead atoms. The molecule has 0 saturated heterocycles. The van der Waals surface area contributed by atoms with Crippen LogP contribution in [0.3, 0.4) is 0 Å². The molecule has 0 aliphatic heterocycles. The highest BCUT2D eigenvalue weighted by Gasteiger charge is 2.32. The molecule has 26 heavy (non-hydrogen) atoms. The Labute approximate surface area is 152 Å². The van der Waals surface area contributed by atoms with Crippen LogP contribution in [-0.4, -0.2) is 16.1 Å². The molecule has 0 spiro atoms. The van der Waals surface area contributed by atoms with Crippen LogP contribution in [-0.2, 0) is 17.4 Å². The number of alkyl halides is 3. The SMILES string of the molecule is O=C(O)C[C@@H]1CCCc2cc(Oc3ncc(C(F)(F)F)cc3Cl)ccc21. The lowest BCUT2D eigenvalue weighted by Crippen LogP contribution is -2.13. The van der Waals surface area contributed by atoms with Crippen molar-refractivity contribution in [1.82, 2.24) is 4.98 Å². The first-order valence-electron chi connectivity index (χ1n) is 7.99. The van der Waals surface area contributed by atoms with Crippen molar-refractivity contribution >= 4 is 17.6 Å². The van der Waals surface area contributed by atoms with Gasteiger partial charge in [0.05, 0.1) is 12.0 Å². The van der Waals surface area contributed by atoms with E-state index in [0.717, 1.165) is 36.5 Å². The van der Waals surface area contributed by atoms with Gasteiger partial charge in [-0.3, -0.25) is 4.79 Å². The summed E-state index contributed by atoms with van der Waals surface area (Å²) in [6, 6.07) is 5.98. The second kappa shape index (κ2) is 7.15. The average molecular weight is 386 g/mol. The minimum atomic E-state index is -4.53. The quantitative estimate of drug-likeness (QED) is 0.761. The topological polar surface area (TPSA) is 59.4 Å². The molecule has 1 aromatic carbocycles. The van der Waals surface area contributed by atoms with Crippen LogP contribution in [0, 0.1) is 0 Å². The molecule has 1 N–H and O–H groups in total. The number of halogens is 4. The molecule has 138 valence electrons. The van der Waals surface area contributed by atoms with Crippen molar-refractivity contribution in [2.75, 3.05) is 0 Å². The van der Waals surface area contributed by atoms with Gasteiger partial charge < -0.3 is 9.84 Å². The van der Waals surface area contributed by atoms with Crippen LogP contribution in [0.2, 0.25) is 5.02 Å². The summed E-state index contributed by atoms with van der Waals surface area (Å²) in [6.45, 7) is 0. The Morgan fingerprint density at radius 2 is 2.12 bits per heavy atom. The molecule has 1 aliphatic rings. The molecule has 1 heterocycles. The summed E-state index contributed by atoms with van der Waals surface area (Å²) in [5, 5.41) is 8.79. The Balaban J connectivity index is 1.82. The largest absolute Gasteiger partial charge is 0.481 e. The van der Waals surface area contributed by atoms with Crippen molar-refractivity contribution in [1.29, 1.82) is 0 Å². The van der Waals surface area contributed by atoms with Crippen molar-refractivity contribution in [3.63, 3.8) is 0 Å². The summed E-state index contributed by atoms with van der Waals surface area (Å²) in [5.41, 5.74) is 0.998. The predicted octanol–water partition coefficient (Wildman–Crippen LogP) is 5.44. The van der Waals surface area contributed by atoms with E-state index in [1.165, 1.54) is 0 Å². The van der Waals surface area contributed by atoms with Crippen molar-refractivity contribution in [3.8, 4) is 11.6 Å². The number of rotatable bonds is 4. The lowest BCUT2D eigenvalue weighted by Gasteiger charge is -2.24. The molecule has 1 aliphatic carbocycles. The zero-order valence-corrected chi connectivity index (χ0v) is 14.3. The van der Waals surface area contributed by atoms with Gasteiger partial charge in [0.15, 0.2) is 0 Å². The fraction of sp³-hybridized carbons (Fsp3) is 0.333.